The van der Waals surface area contributed by atoms with Crippen LogP contribution in [-0.2, 0) is 9.59 Å². The number of hydrogen-bond acceptors (Lipinski definition) is 3. The third-order valence-corrected chi connectivity index (χ3v) is 3.08. The SMILES string of the molecule is CC1(CNC(=O)NCC(=O)NCC(=O)O)CCC1. The lowest BCUT2D eigenvalue weighted by molar-refractivity contribution is -0.137. The van der Waals surface area contributed by atoms with Crippen LogP contribution in [0.5, 0.6) is 0 Å². The average molecular weight is 257 g/mol. The summed E-state index contributed by atoms with van der Waals surface area (Å²) >= 11 is 0. The van der Waals surface area contributed by atoms with Crippen LogP contribution in [0.2, 0.25) is 0 Å². The first-order valence-corrected chi connectivity index (χ1v) is 5.91. The topological polar surface area (TPSA) is 108 Å². The molecule has 0 unspecified atom stereocenters. The minimum Gasteiger partial charge on any atom is -0.480 e. The minimum absolute atomic E-state index is 0.183. The van der Waals surface area contributed by atoms with Crippen molar-refractivity contribution in [3.8, 4) is 0 Å². The van der Waals surface area contributed by atoms with Crippen LogP contribution in [0, 0.1) is 5.41 Å². The molecular weight excluding hydrogens is 238 g/mol. The van der Waals surface area contributed by atoms with Crippen molar-refractivity contribution in [2.45, 2.75) is 26.2 Å². The molecule has 0 atom stereocenters. The van der Waals surface area contributed by atoms with E-state index in [1.807, 2.05) is 0 Å². The largest absolute Gasteiger partial charge is 0.480 e. The van der Waals surface area contributed by atoms with Gasteiger partial charge in [-0.1, -0.05) is 13.3 Å². The highest BCUT2D eigenvalue weighted by atomic mass is 16.4. The number of carbonyl (C=O) groups excluding carboxylic acids is 2. The number of carboxylic acid groups (broad SMARTS) is 1. The Morgan fingerprint density at radius 3 is 2.28 bits per heavy atom. The number of amides is 3. The Morgan fingerprint density at radius 2 is 1.78 bits per heavy atom. The van der Waals surface area contributed by atoms with Gasteiger partial charge >= 0.3 is 12.0 Å². The van der Waals surface area contributed by atoms with Gasteiger partial charge in [-0.25, -0.2) is 4.79 Å². The van der Waals surface area contributed by atoms with Gasteiger partial charge < -0.3 is 21.1 Å². The van der Waals surface area contributed by atoms with E-state index in [1.54, 1.807) is 0 Å². The van der Waals surface area contributed by atoms with Crippen molar-refractivity contribution < 1.29 is 19.5 Å². The second-order valence-electron chi connectivity index (χ2n) is 4.87. The Morgan fingerprint density at radius 1 is 1.11 bits per heavy atom. The van der Waals surface area contributed by atoms with E-state index in [4.69, 9.17) is 5.11 Å². The third-order valence-electron chi connectivity index (χ3n) is 3.08. The van der Waals surface area contributed by atoms with E-state index in [-0.39, 0.29) is 12.0 Å². The highest BCUT2D eigenvalue weighted by molar-refractivity contribution is 5.86. The fraction of sp³-hybridized carbons (Fsp3) is 0.727. The van der Waals surface area contributed by atoms with Crippen LogP contribution in [0.4, 0.5) is 4.79 Å². The van der Waals surface area contributed by atoms with E-state index in [0.29, 0.717) is 6.54 Å². The Hall–Kier alpha value is -1.79. The first kappa shape index (κ1) is 14.3. The Balaban J connectivity index is 2.09. The lowest BCUT2D eigenvalue weighted by Gasteiger charge is -2.38. The molecule has 0 saturated heterocycles. The molecule has 1 aliphatic rings. The Kier molecular flexibility index (Phi) is 4.94. The van der Waals surface area contributed by atoms with Gasteiger partial charge in [-0.2, -0.15) is 0 Å². The van der Waals surface area contributed by atoms with Crippen molar-refractivity contribution >= 4 is 17.9 Å². The molecule has 0 radical (unpaired) electrons. The van der Waals surface area contributed by atoms with Crippen LogP contribution in [0.1, 0.15) is 26.2 Å². The second-order valence-corrected chi connectivity index (χ2v) is 4.87. The summed E-state index contributed by atoms with van der Waals surface area (Å²) in [7, 11) is 0. The monoisotopic (exact) mass is 257 g/mol. The fourth-order valence-electron chi connectivity index (χ4n) is 1.71. The quantitative estimate of drug-likeness (QED) is 0.523. The minimum atomic E-state index is -1.12. The van der Waals surface area contributed by atoms with Crippen LogP contribution in [0.3, 0.4) is 0 Å². The molecule has 0 bridgehead atoms. The zero-order chi connectivity index (χ0) is 13.6. The van der Waals surface area contributed by atoms with Gasteiger partial charge in [0.25, 0.3) is 0 Å². The summed E-state index contributed by atoms with van der Waals surface area (Å²) in [5.41, 5.74) is 0.183. The van der Waals surface area contributed by atoms with Crippen LogP contribution < -0.4 is 16.0 Å². The van der Waals surface area contributed by atoms with Crippen molar-refractivity contribution in [3.05, 3.63) is 0 Å². The lowest BCUT2D eigenvalue weighted by atomic mass is 9.70. The molecule has 1 fully saturated rings. The first-order chi connectivity index (χ1) is 8.41. The molecule has 1 aliphatic carbocycles. The summed E-state index contributed by atoms with van der Waals surface area (Å²) in [5.74, 6) is -1.65. The number of hydrogen-bond donors (Lipinski definition) is 4. The predicted octanol–water partition coefficient (Wildman–Crippen LogP) is -0.323. The summed E-state index contributed by atoms with van der Waals surface area (Å²) in [4.78, 5) is 32.6. The molecule has 1 saturated carbocycles. The number of nitrogens with one attached hydrogen (secondary N) is 3. The molecule has 7 heteroatoms. The normalized spacial score (nSPS) is 16.3. The molecule has 3 amide bonds. The number of urea groups is 1. The van der Waals surface area contributed by atoms with Crippen molar-refractivity contribution in [1.82, 2.24) is 16.0 Å². The number of carbonyl (C=O) groups is 3. The molecule has 0 aliphatic heterocycles. The van der Waals surface area contributed by atoms with E-state index in [0.717, 1.165) is 12.8 Å². The Bertz CT molecular complexity index is 339. The van der Waals surface area contributed by atoms with E-state index in [1.165, 1.54) is 6.42 Å². The van der Waals surface area contributed by atoms with Gasteiger partial charge in [-0.15, -0.1) is 0 Å². The summed E-state index contributed by atoms with van der Waals surface area (Å²) in [6.07, 6.45) is 3.40. The molecule has 1 rings (SSSR count). The molecule has 0 aromatic carbocycles. The molecule has 18 heavy (non-hydrogen) atoms. The molecule has 4 N–H and O–H groups in total. The predicted molar refractivity (Wildman–Crippen MR) is 64.0 cm³/mol. The van der Waals surface area contributed by atoms with Crippen LogP contribution in [0.15, 0.2) is 0 Å². The summed E-state index contributed by atoms with van der Waals surface area (Å²) in [5, 5.41) is 15.6. The smallest absolute Gasteiger partial charge is 0.322 e. The molecule has 0 aromatic rings. The van der Waals surface area contributed by atoms with Gasteiger partial charge in [-0.3, -0.25) is 9.59 Å². The van der Waals surface area contributed by atoms with Gasteiger partial charge in [0.2, 0.25) is 5.91 Å². The van der Waals surface area contributed by atoms with E-state index >= 15 is 0 Å². The van der Waals surface area contributed by atoms with E-state index < -0.39 is 24.5 Å². The van der Waals surface area contributed by atoms with Crippen LogP contribution in [0.25, 0.3) is 0 Å². The third kappa shape index (κ3) is 5.03. The summed E-state index contributed by atoms with van der Waals surface area (Å²) in [6.45, 7) is 2.03. The van der Waals surface area contributed by atoms with E-state index in [2.05, 4.69) is 22.9 Å². The number of aliphatic carboxylic acids is 1. The van der Waals surface area contributed by atoms with Gasteiger partial charge in [0.05, 0.1) is 6.54 Å². The maximum atomic E-state index is 11.4. The van der Waals surface area contributed by atoms with Gasteiger partial charge in [-0.05, 0) is 18.3 Å². The van der Waals surface area contributed by atoms with Crippen molar-refractivity contribution in [2.24, 2.45) is 5.41 Å². The highest BCUT2D eigenvalue weighted by Gasteiger charge is 2.31. The molecule has 0 aromatic heterocycles. The van der Waals surface area contributed by atoms with Gasteiger partial charge in [0.1, 0.15) is 6.54 Å². The number of carboxylic acids is 1. The summed E-state index contributed by atoms with van der Waals surface area (Å²) in [6, 6.07) is -0.409. The van der Waals surface area contributed by atoms with Crippen LogP contribution >= 0.6 is 0 Å². The molecular formula is C11H19N3O4. The van der Waals surface area contributed by atoms with Gasteiger partial charge in [0.15, 0.2) is 0 Å². The van der Waals surface area contributed by atoms with Crippen molar-refractivity contribution in [1.29, 1.82) is 0 Å². The molecule has 0 spiro atoms. The molecule has 7 nitrogen and oxygen atoms in total. The summed E-state index contributed by atoms with van der Waals surface area (Å²) < 4.78 is 0. The zero-order valence-corrected chi connectivity index (χ0v) is 10.4. The van der Waals surface area contributed by atoms with Crippen molar-refractivity contribution in [2.75, 3.05) is 19.6 Å². The number of rotatable bonds is 6. The standard InChI is InChI=1S/C11H19N3O4/c1-11(3-2-4-11)7-14-10(18)13-5-8(15)12-6-9(16)17/h2-7H2,1H3,(H,12,15)(H,16,17)(H2,13,14,18). The van der Waals surface area contributed by atoms with Gasteiger partial charge in [0, 0.05) is 6.54 Å². The maximum Gasteiger partial charge on any atom is 0.322 e. The highest BCUT2D eigenvalue weighted by Crippen LogP contribution is 2.39. The average Bonchev–Trinajstić information content (AvgIpc) is 2.28. The van der Waals surface area contributed by atoms with Crippen molar-refractivity contribution in [3.63, 3.8) is 0 Å². The second kappa shape index (κ2) is 6.23. The fourth-order valence-corrected chi connectivity index (χ4v) is 1.71. The Labute approximate surface area is 105 Å². The lowest BCUT2D eigenvalue weighted by Crippen LogP contribution is -2.47. The zero-order valence-electron chi connectivity index (χ0n) is 10.4. The molecule has 102 valence electrons. The molecule has 0 heterocycles. The first-order valence-electron chi connectivity index (χ1n) is 5.91. The maximum absolute atomic E-state index is 11.4. The van der Waals surface area contributed by atoms with Crippen LogP contribution in [-0.4, -0.2) is 42.6 Å². The van der Waals surface area contributed by atoms with E-state index in [9.17, 15) is 14.4 Å².